The molecule has 2 aromatic rings. The molecule has 2 nitrogen and oxygen atoms in total. The van der Waals surface area contributed by atoms with Gasteiger partial charge in [-0.15, -0.1) is 11.8 Å². The first-order chi connectivity index (χ1) is 9.10. The average molecular weight is 312 g/mol. The van der Waals surface area contributed by atoms with Crippen LogP contribution in [0, 0.1) is 0 Å². The van der Waals surface area contributed by atoms with Crippen molar-refractivity contribution in [3.05, 3.63) is 58.1 Å². The summed E-state index contributed by atoms with van der Waals surface area (Å²) in [5.74, 6) is -0.250. The van der Waals surface area contributed by atoms with E-state index in [0.29, 0.717) is 15.6 Å². The number of rotatable bonds is 3. The average Bonchev–Trinajstić information content (AvgIpc) is 2.38. The summed E-state index contributed by atoms with van der Waals surface area (Å²) < 4.78 is 0. The molecule has 0 atom stereocenters. The van der Waals surface area contributed by atoms with Gasteiger partial charge in [0.1, 0.15) is 0 Å². The smallest absolute Gasteiger partial charge is 0.257 e. The number of carbonyl (C=O) groups is 1. The first kappa shape index (κ1) is 14.3. The van der Waals surface area contributed by atoms with E-state index >= 15 is 0 Å². The van der Waals surface area contributed by atoms with E-state index in [1.54, 1.807) is 30.0 Å². The van der Waals surface area contributed by atoms with Crippen molar-refractivity contribution < 1.29 is 4.79 Å². The highest BCUT2D eigenvalue weighted by molar-refractivity contribution is 7.98. The van der Waals surface area contributed by atoms with E-state index in [0.717, 1.165) is 10.6 Å². The van der Waals surface area contributed by atoms with Gasteiger partial charge in [0, 0.05) is 15.6 Å². The molecule has 0 aliphatic heterocycles. The van der Waals surface area contributed by atoms with Crippen LogP contribution >= 0.6 is 35.0 Å². The Balaban J connectivity index is 2.20. The number of nitrogens with one attached hydrogen (secondary N) is 1. The minimum absolute atomic E-state index is 0.250. The van der Waals surface area contributed by atoms with Crippen LogP contribution in [0.5, 0.6) is 0 Å². The molecule has 1 amide bonds. The highest BCUT2D eigenvalue weighted by Crippen LogP contribution is 2.23. The minimum Gasteiger partial charge on any atom is -0.322 e. The van der Waals surface area contributed by atoms with Gasteiger partial charge in [-0.05, 0) is 42.7 Å². The summed E-state index contributed by atoms with van der Waals surface area (Å²) in [5.41, 5.74) is 1.14. The van der Waals surface area contributed by atoms with Crippen molar-refractivity contribution in [3.63, 3.8) is 0 Å². The largest absolute Gasteiger partial charge is 0.322 e. The van der Waals surface area contributed by atoms with Gasteiger partial charge < -0.3 is 5.32 Å². The standard InChI is InChI=1S/C14H11Cl2NOS/c1-19-11-4-2-3-10(8-11)17-14(18)12-6-5-9(15)7-13(12)16/h2-8H,1H3,(H,17,18). The normalized spacial score (nSPS) is 10.3. The topological polar surface area (TPSA) is 29.1 Å². The summed E-state index contributed by atoms with van der Waals surface area (Å²) in [4.78, 5) is 13.2. The molecule has 5 heteroatoms. The van der Waals surface area contributed by atoms with Gasteiger partial charge >= 0.3 is 0 Å². The third kappa shape index (κ3) is 3.66. The van der Waals surface area contributed by atoms with Gasteiger partial charge in [-0.1, -0.05) is 29.3 Å². The van der Waals surface area contributed by atoms with Gasteiger partial charge in [0.15, 0.2) is 0 Å². The fraction of sp³-hybridized carbons (Fsp3) is 0.0714. The molecule has 0 saturated carbocycles. The van der Waals surface area contributed by atoms with Gasteiger partial charge in [0.25, 0.3) is 5.91 Å². The summed E-state index contributed by atoms with van der Waals surface area (Å²) in [6, 6.07) is 12.4. The number of hydrogen-bond acceptors (Lipinski definition) is 2. The number of carbonyl (C=O) groups excluding carboxylic acids is 1. The lowest BCUT2D eigenvalue weighted by Gasteiger charge is -2.08. The lowest BCUT2D eigenvalue weighted by Crippen LogP contribution is -2.12. The number of amides is 1. The van der Waals surface area contributed by atoms with Crippen molar-refractivity contribution in [3.8, 4) is 0 Å². The molecule has 0 fully saturated rings. The zero-order valence-electron chi connectivity index (χ0n) is 10.1. The molecule has 2 aromatic carbocycles. The van der Waals surface area contributed by atoms with Crippen LogP contribution in [-0.2, 0) is 0 Å². The Kier molecular flexibility index (Phi) is 4.75. The third-order valence-electron chi connectivity index (χ3n) is 2.50. The zero-order chi connectivity index (χ0) is 13.8. The second-order valence-corrected chi connectivity index (χ2v) is 5.53. The van der Waals surface area contributed by atoms with Crippen LogP contribution in [0.4, 0.5) is 5.69 Å². The molecule has 1 N–H and O–H groups in total. The number of thioether (sulfide) groups is 1. The van der Waals surface area contributed by atoms with Crippen LogP contribution < -0.4 is 5.32 Å². The van der Waals surface area contributed by atoms with Crippen LogP contribution in [0.2, 0.25) is 10.0 Å². The molecule has 0 bridgehead atoms. The molecule has 0 aliphatic carbocycles. The Morgan fingerprint density at radius 3 is 2.63 bits per heavy atom. The highest BCUT2D eigenvalue weighted by Gasteiger charge is 2.11. The van der Waals surface area contributed by atoms with Gasteiger partial charge in [-0.2, -0.15) is 0 Å². The van der Waals surface area contributed by atoms with Crippen molar-refractivity contribution in [2.75, 3.05) is 11.6 Å². The van der Waals surface area contributed by atoms with Crippen LogP contribution in [0.3, 0.4) is 0 Å². The quantitative estimate of drug-likeness (QED) is 0.811. The van der Waals surface area contributed by atoms with E-state index in [4.69, 9.17) is 23.2 Å². The Labute approximate surface area is 126 Å². The Bertz CT molecular complexity index is 616. The lowest BCUT2D eigenvalue weighted by molar-refractivity contribution is 0.102. The second kappa shape index (κ2) is 6.33. The molecule has 19 heavy (non-hydrogen) atoms. The monoisotopic (exact) mass is 311 g/mol. The fourth-order valence-corrected chi connectivity index (χ4v) is 2.53. The summed E-state index contributed by atoms with van der Waals surface area (Å²) >= 11 is 13.4. The van der Waals surface area contributed by atoms with Gasteiger partial charge in [0.05, 0.1) is 10.6 Å². The fourth-order valence-electron chi connectivity index (χ4n) is 1.57. The lowest BCUT2D eigenvalue weighted by atomic mass is 10.2. The Morgan fingerprint density at radius 2 is 1.95 bits per heavy atom. The van der Waals surface area contributed by atoms with E-state index in [9.17, 15) is 4.79 Å². The third-order valence-corrected chi connectivity index (χ3v) is 3.78. The molecule has 2 rings (SSSR count). The molecule has 98 valence electrons. The van der Waals surface area contributed by atoms with E-state index in [1.165, 1.54) is 0 Å². The number of anilines is 1. The van der Waals surface area contributed by atoms with Crippen molar-refractivity contribution in [1.82, 2.24) is 0 Å². The Hall–Kier alpha value is -1.16. The number of hydrogen-bond donors (Lipinski definition) is 1. The van der Waals surface area contributed by atoms with Crippen LogP contribution in [0.25, 0.3) is 0 Å². The van der Waals surface area contributed by atoms with Gasteiger partial charge in [-0.25, -0.2) is 0 Å². The van der Waals surface area contributed by atoms with E-state index < -0.39 is 0 Å². The second-order valence-electron chi connectivity index (χ2n) is 3.81. The number of benzene rings is 2. The molecule has 0 unspecified atom stereocenters. The van der Waals surface area contributed by atoms with Crippen LogP contribution in [-0.4, -0.2) is 12.2 Å². The first-order valence-electron chi connectivity index (χ1n) is 5.50. The Morgan fingerprint density at radius 1 is 1.16 bits per heavy atom. The number of halogens is 2. The van der Waals surface area contributed by atoms with Crippen molar-refractivity contribution in [2.24, 2.45) is 0 Å². The molecule has 0 spiro atoms. The van der Waals surface area contributed by atoms with Gasteiger partial charge in [0.2, 0.25) is 0 Å². The predicted octanol–water partition coefficient (Wildman–Crippen LogP) is 4.97. The zero-order valence-corrected chi connectivity index (χ0v) is 12.4. The van der Waals surface area contributed by atoms with Crippen molar-refractivity contribution in [1.29, 1.82) is 0 Å². The molecular weight excluding hydrogens is 301 g/mol. The van der Waals surface area contributed by atoms with E-state index in [2.05, 4.69) is 5.32 Å². The molecule has 0 aromatic heterocycles. The summed E-state index contributed by atoms with van der Waals surface area (Å²) in [6.07, 6.45) is 1.98. The predicted molar refractivity (Wildman–Crippen MR) is 82.6 cm³/mol. The van der Waals surface area contributed by atoms with E-state index in [-0.39, 0.29) is 5.91 Å². The van der Waals surface area contributed by atoms with E-state index in [1.807, 2.05) is 30.5 Å². The van der Waals surface area contributed by atoms with Gasteiger partial charge in [-0.3, -0.25) is 4.79 Å². The maximum absolute atomic E-state index is 12.1. The molecule has 0 heterocycles. The minimum atomic E-state index is -0.250. The molecule has 0 saturated heterocycles. The van der Waals surface area contributed by atoms with Crippen molar-refractivity contribution >= 4 is 46.6 Å². The first-order valence-corrected chi connectivity index (χ1v) is 7.48. The summed E-state index contributed by atoms with van der Waals surface area (Å²) in [5, 5.41) is 3.66. The molecular formula is C14H11Cl2NOS. The van der Waals surface area contributed by atoms with Crippen LogP contribution in [0.15, 0.2) is 47.4 Å². The van der Waals surface area contributed by atoms with Crippen molar-refractivity contribution in [2.45, 2.75) is 4.90 Å². The van der Waals surface area contributed by atoms with Crippen LogP contribution in [0.1, 0.15) is 10.4 Å². The molecule has 0 radical (unpaired) electrons. The SMILES string of the molecule is CSc1cccc(NC(=O)c2ccc(Cl)cc2Cl)c1. The maximum atomic E-state index is 12.1. The maximum Gasteiger partial charge on any atom is 0.257 e. The summed E-state index contributed by atoms with van der Waals surface area (Å²) in [6.45, 7) is 0. The molecule has 0 aliphatic rings. The summed E-state index contributed by atoms with van der Waals surface area (Å²) in [7, 11) is 0. The highest BCUT2D eigenvalue weighted by atomic mass is 35.5.